The molecule has 1 aromatic heterocycles. The van der Waals surface area contributed by atoms with Gasteiger partial charge in [0.15, 0.2) is 0 Å². The predicted molar refractivity (Wildman–Crippen MR) is 75.1 cm³/mol. The van der Waals surface area contributed by atoms with Gasteiger partial charge in [0, 0.05) is 24.3 Å². The highest BCUT2D eigenvalue weighted by Crippen LogP contribution is 2.16. The van der Waals surface area contributed by atoms with E-state index in [1.54, 1.807) is 34.1 Å². The Balaban J connectivity index is 1.79. The molecule has 1 atom stereocenters. The monoisotopic (exact) mass is 291 g/mol. The zero-order valence-corrected chi connectivity index (χ0v) is 11.5. The molecule has 1 N–H and O–H groups in total. The van der Waals surface area contributed by atoms with Crippen molar-refractivity contribution in [3.05, 3.63) is 47.2 Å². The second-order valence-electron chi connectivity index (χ2n) is 4.84. The summed E-state index contributed by atoms with van der Waals surface area (Å²) in [5.41, 5.74) is 1.36. The summed E-state index contributed by atoms with van der Waals surface area (Å²) in [6, 6.07) is 7.22. The Morgan fingerprint density at radius 1 is 1.35 bits per heavy atom. The molecule has 0 radical (unpaired) electrons. The third-order valence-corrected chi connectivity index (χ3v) is 3.62. The molecular formula is C14H14ClN3O2. The fourth-order valence-electron chi connectivity index (χ4n) is 2.28. The van der Waals surface area contributed by atoms with Crippen molar-refractivity contribution in [2.75, 3.05) is 13.1 Å². The van der Waals surface area contributed by atoms with Gasteiger partial charge in [-0.3, -0.25) is 4.79 Å². The number of hydrogen-bond acceptors (Lipinski definition) is 3. The van der Waals surface area contributed by atoms with E-state index in [4.69, 9.17) is 11.6 Å². The van der Waals surface area contributed by atoms with E-state index in [1.165, 1.54) is 0 Å². The highest BCUT2D eigenvalue weighted by atomic mass is 35.5. The lowest BCUT2D eigenvalue weighted by Gasteiger charge is -2.13. The van der Waals surface area contributed by atoms with Crippen LogP contribution in [0.3, 0.4) is 0 Å². The van der Waals surface area contributed by atoms with Crippen LogP contribution in [0.2, 0.25) is 5.02 Å². The molecule has 20 heavy (non-hydrogen) atoms. The Hall–Kier alpha value is -1.85. The van der Waals surface area contributed by atoms with Crippen LogP contribution >= 0.6 is 11.6 Å². The third-order valence-electron chi connectivity index (χ3n) is 3.37. The molecule has 1 aromatic carbocycles. The maximum atomic E-state index is 12.2. The molecule has 1 fully saturated rings. The standard InChI is InChI=1S/C14H14ClN3O2/c15-11-1-3-12(4-2-11)18-8-10(7-16-18)14(20)17-6-5-13(19)9-17/h1-4,7-8,13,19H,5-6,9H2/t13-/m1/s1. The summed E-state index contributed by atoms with van der Waals surface area (Å²) in [5.74, 6) is -0.0956. The van der Waals surface area contributed by atoms with Gasteiger partial charge in [-0.25, -0.2) is 4.68 Å². The van der Waals surface area contributed by atoms with Crippen LogP contribution in [-0.4, -0.2) is 44.9 Å². The minimum Gasteiger partial charge on any atom is -0.391 e. The van der Waals surface area contributed by atoms with Crippen molar-refractivity contribution in [2.24, 2.45) is 0 Å². The molecule has 0 saturated carbocycles. The van der Waals surface area contributed by atoms with Gasteiger partial charge in [0.05, 0.1) is 23.6 Å². The molecule has 104 valence electrons. The molecule has 0 unspecified atom stereocenters. The number of aliphatic hydroxyl groups is 1. The summed E-state index contributed by atoms with van der Waals surface area (Å²) in [6.07, 6.45) is 3.46. The number of aromatic nitrogens is 2. The number of β-amino-alcohol motifs (C(OH)–C–C–N with tert-alkyl or cyclic N) is 1. The van der Waals surface area contributed by atoms with E-state index in [0.717, 1.165) is 5.69 Å². The molecule has 1 aliphatic rings. The Bertz CT molecular complexity index is 624. The first-order chi connectivity index (χ1) is 9.63. The smallest absolute Gasteiger partial charge is 0.257 e. The maximum absolute atomic E-state index is 12.2. The highest BCUT2D eigenvalue weighted by Gasteiger charge is 2.26. The average molecular weight is 292 g/mol. The van der Waals surface area contributed by atoms with Crippen molar-refractivity contribution in [3.63, 3.8) is 0 Å². The van der Waals surface area contributed by atoms with Crippen LogP contribution in [0.4, 0.5) is 0 Å². The molecule has 1 amide bonds. The second-order valence-corrected chi connectivity index (χ2v) is 5.28. The highest BCUT2D eigenvalue weighted by molar-refractivity contribution is 6.30. The largest absolute Gasteiger partial charge is 0.391 e. The van der Waals surface area contributed by atoms with Gasteiger partial charge in [0.2, 0.25) is 0 Å². The number of carbonyl (C=O) groups is 1. The van der Waals surface area contributed by atoms with Crippen molar-refractivity contribution in [1.82, 2.24) is 14.7 Å². The molecule has 1 aliphatic heterocycles. The first-order valence-corrected chi connectivity index (χ1v) is 6.79. The molecule has 0 aliphatic carbocycles. The van der Waals surface area contributed by atoms with Crippen LogP contribution < -0.4 is 0 Å². The van der Waals surface area contributed by atoms with Gasteiger partial charge in [-0.2, -0.15) is 5.10 Å². The SMILES string of the molecule is O=C(c1cnn(-c2ccc(Cl)cc2)c1)N1CC[C@@H](O)C1. The number of amides is 1. The lowest BCUT2D eigenvalue weighted by molar-refractivity contribution is 0.0765. The lowest BCUT2D eigenvalue weighted by Crippen LogP contribution is -2.29. The van der Waals surface area contributed by atoms with E-state index in [2.05, 4.69) is 5.10 Å². The Kier molecular flexibility index (Phi) is 3.46. The van der Waals surface area contributed by atoms with Crippen LogP contribution in [0.15, 0.2) is 36.7 Å². The summed E-state index contributed by atoms with van der Waals surface area (Å²) in [7, 11) is 0. The summed E-state index contributed by atoms with van der Waals surface area (Å²) in [5, 5.41) is 14.3. The molecule has 2 heterocycles. The van der Waals surface area contributed by atoms with Gasteiger partial charge in [-0.1, -0.05) is 11.6 Å². The van der Waals surface area contributed by atoms with Crippen LogP contribution in [0.1, 0.15) is 16.8 Å². The number of hydrogen-bond donors (Lipinski definition) is 1. The molecule has 5 nitrogen and oxygen atoms in total. The zero-order valence-electron chi connectivity index (χ0n) is 10.7. The molecule has 1 saturated heterocycles. The van der Waals surface area contributed by atoms with Gasteiger partial charge >= 0.3 is 0 Å². The number of aliphatic hydroxyl groups excluding tert-OH is 1. The molecule has 2 aromatic rings. The van der Waals surface area contributed by atoms with E-state index in [0.29, 0.717) is 30.1 Å². The van der Waals surface area contributed by atoms with Crippen LogP contribution in [-0.2, 0) is 0 Å². The van der Waals surface area contributed by atoms with Crippen molar-refractivity contribution in [3.8, 4) is 5.69 Å². The minimum atomic E-state index is -0.412. The summed E-state index contributed by atoms with van der Waals surface area (Å²) in [6.45, 7) is 0.983. The molecule has 0 bridgehead atoms. The van der Waals surface area contributed by atoms with Gasteiger partial charge in [-0.15, -0.1) is 0 Å². The fourth-order valence-corrected chi connectivity index (χ4v) is 2.40. The van der Waals surface area contributed by atoms with Gasteiger partial charge in [0.25, 0.3) is 5.91 Å². The van der Waals surface area contributed by atoms with E-state index < -0.39 is 6.10 Å². The second kappa shape index (κ2) is 5.26. The maximum Gasteiger partial charge on any atom is 0.257 e. The summed E-state index contributed by atoms with van der Waals surface area (Å²) >= 11 is 5.84. The number of likely N-dealkylation sites (tertiary alicyclic amines) is 1. The number of nitrogens with zero attached hydrogens (tertiary/aromatic N) is 3. The van der Waals surface area contributed by atoms with Crippen molar-refractivity contribution < 1.29 is 9.90 Å². The first kappa shape index (κ1) is 13.1. The quantitative estimate of drug-likeness (QED) is 0.917. The van der Waals surface area contributed by atoms with E-state index in [-0.39, 0.29) is 5.91 Å². The van der Waals surface area contributed by atoms with E-state index in [9.17, 15) is 9.90 Å². The number of rotatable bonds is 2. The fraction of sp³-hybridized carbons (Fsp3) is 0.286. The molecule has 0 spiro atoms. The first-order valence-electron chi connectivity index (χ1n) is 6.41. The van der Waals surface area contributed by atoms with Crippen molar-refractivity contribution in [1.29, 1.82) is 0 Å². The predicted octanol–water partition coefficient (Wildman–Crippen LogP) is 1.73. The number of carbonyl (C=O) groups excluding carboxylic acids is 1. The third kappa shape index (κ3) is 2.55. The topological polar surface area (TPSA) is 58.4 Å². The summed E-state index contributed by atoms with van der Waals surface area (Å²) < 4.78 is 1.63. The number of benzene rings is 1. The van der Waals surface area contributed by atoms with Gasteiger partial charge in [0.1, 0.15) is 0 Å². The van der Waals surface area contributed by atoms with E-state index in [1.807, 2.05) is 12.1 Å². The molecular weight excluding hydrogens is 278 g/mol. The molecule has 6 heteroatoms. The van der Waals surface area contributed by atoms with Crippen molar-refractivity contribution in [2.45, 2.75) is 12.5 Å². The van der Waals surface area contributed by atoms with Gasteiger partial charge in [-0.05, 0) is 30.7 Å². The van der Waals surface area contributed by atoms with Crippen LogP contribution in [0.5, 0.6) is 0 Å². The Morgan fingerprint density at radius 3 is 2.75 bits per heavy atom. The Morgan fingerprint density at radius 2 is 2.10 bits per heavy atom. The van der Waals surface area contributed by atoms with Crippen LogP contribution in [0, 0.1) is 0 Å². The zero-order chi connectivity index (χ0) is 14.1. The molecule has 3 rings (SSSR count). The summed E-state index contributed by atoms with van der Waals surface area (Å²) in [4.78, 5) is 13.9. The normalized spacial score (nSPS) is 18.5. The van der Waals surface area contributed by atoms with Gasteiger partial charge < -0.3 is 10.0 Å². The minimum absolute atomic E-state index is 0.0956. The average Bonchev–Trinajstić information content (AvgIpc) is 3.08. The van der Waals surface area contributed by atoms with Crippen LogP contribution in [0.25, 0.3) is 5.69 Å². The van der Waals surface area contributed by atoms with E-state index >= 15 is 0 Å². The number of halogens is 1. The lowest BCUT2D eigenvalue weighted by atomic mass is 10.3. The Labute approximate surface area is 121 Å². The van der Waals surface area contributed by atoms with Crippen molar-refractivity contribution >= 4 is 17.5 Å².